The Morgan fingerprint density at radius 2 is 1.60 bits per heavy atom. The number of ether oxygens (including phenoxy) is 1. The van der Waals surface area contributed by atoms with Crippen molar-refractivity contribution in [2.75, 3.05) is 6.61 Å². The maximum absolute atomic E-state index is 8.88. The smallest absolute Gasteiger partial charge is 0.183 e. The van der Waals surface area contributed by atoms with E-state index in [1.54, 1.807) is 0 Å². The summed E-state index contributed by atoms with van der Waals surface area (Å²) < 4.78 is 4.47. The van der Waals surface area contributed by atoms with Gasteiger partial charge in [0.25, 0.3) is 0 Å². The predicted octanol–water partition coefficient (Wildman–Crippen LogP) is -2.58. The Hall–Kier alpha value is -0.200. The fourth-order valence-electron chi connectivity index (χ4n) is 0.791. The summed E-state index contributed by atoms with van der Waals surface area (Å²) in [6.45, 7) is -0.153. The summed E-state index contributed by atoms with van der Waals surface area (Å²) >= 11 is 0. The predicted molar refractivity (Wildman–Crippen MR) is 30.0 cm³/mol. The molecule has 1 saturated heterocycles. The molecule has 1 aliphatic heterocycles. The summed E-state index contributed by atoms with van der Waals surface area (Å²) in [5.74, 6) is 0. The number of rotatable bonds is 0. The third-order valence-corrected chi connectivity index (χ3v) is 1.47. The highest BCUT2D eigenvalue weighted by Gasteiger charge is 2.36. The third-order valence-electron chi connectivity index (χ3n) is 1.47. The molecule has 1 rings (SSSR count). The van der Waals surface area contributed by atoms with Gasteiger partial charge in [-0.05, 0) is 0 Å². The van der Waals surface area contributed by atoms with E-state index in [-0.39, 0.29) is 6.61 Å². The average molecular weight is 150 g/mol. The second-order valence-corrected chi connectivity index (χ2v) is 2.27. The molecule has 1 fully saturated rings. The van der Waals surface area contributed by atoms with E-state index < -0.39 is 24.6 Å². The topological polar surface area (TPSA) is 90.2 Å². The molecule has 1 unspecified atom stereocenters. The molecule has 60 valence electrons. The lowest BCUT2D eigenvalue weighted by Crippen LogP contribution is -2.52. The van der Waals surface area contributed by atoms with E-state index in [0.29, 0.717) is 0 Å². The summed E-state index contributed by atoms with van der Waals surface area (Å²) in [5.41, 5.74) is 0. The van der Waals surface area contributed by atoms with Crippen molar-refractivity contribution < 1.29 is 25.2 Å². The zero-order chi connectivity index (χ0) is 7.72. The summed E-state index contributed by atoms with van der Waals surface area (Å²) in [6.07, 6.45) is -5.23. The molecule has 1 aliphatic rings. The van der Waals surface area contributed by atoms with Crippen molar-refractivity contribution in [2.45, 2.75) is 24.6 Å². The van der Waals surface area contributed by atoms with Crippen LogP contribution >= 0.6 is 0 Å². The molecule has 0 aliphatic carbocycles. The minimum absolute atomic E-state index is 0.153. The molecule has 0 saturated carbocycles. The van der Waals surface area contributed by atoms with Crippen molar-refractivity contribution >= 4 is 0 Å². The van der Waals surface area contributed by atoms with Gasteiger partial charge in [-0.3, -0.25) is 0 Å². The van der Waals surface area contributed by atoms with Gasteiger partial charge in [-0.15, -0.1) is 0 Å². The SMILES string of the molecule is OC1[C@H](O)OC[C@@H](O)[C@H]1O. The van der Waals surface area contributed by atoms with Crippen LogP contribution in [0.4, 0.5) is 0 Å². The Labute approximate surface area is 57.5 Å². The first-order chi connectivity index (χ1) is 4.63. The van der Waals surface area contributed by atoms with Crippen LogP contribution in [0.5, 0.6) is 0 Å². The maximum Gasteiger partial charge on any atom is 0.183 e. The van der Waals surface area contributed by atoms with Gasteiger partial charge in [-0.25, -0.2) is 0 Å². The van der Waals surface area contributed by atoms with Crippen LogP contribution in [0.1, 0.15) is 0 Å². The van der Waals surface area contributed by atoms with E-state index in [2.05, 4.69) is 4.74 Å². The molecular formula is C5H10O5. The molecule has 0 amide bonds. The molecule has 1 heterocycles. The Morgan fingerprint density at radius 3 is 2.10 bits per heavy atom. The first-order valence-corrected chi connectivity index (χ1v) is 2.97. The van der Waals surface area contributed by atoms with Gasteiger partial charge in [-0.2, -0.15) is 0 Å². The number of hydrogen-bond acceptors (Lipinski definition) is 5. The molecule has 0 spiro atoms. The van der Waals surface area contributed by atoms with Crippen molar-refractivity contribution in [2.24, 2.45) is 0 Å². The minimum atomic E-state index is -1.41. The second-order valence-electron chi connectivity index (χ2n) is 2.27. The number of aliphatic hydroxyl groups is 4. The lowest BCUT2D eigenvalue weighted by Gasteiger charge is -2.31. The summed E-state index contributed by atoms with van der Waals surface area (Å²) in [7, 11) is 0. The third kappa shape index (κ3) is 1.28. The Bertz CT molecular complexity index is 103. The quantitative estimate of drug-likeness (QED) is 0.304. The zero-order valence-corrected chi connectivity index (χ0v) is 5.21. The minimum Gasteiger partial charge on any atom is -0.388 e. The fraction of sp³-hybridized carbons (Fsp3) is 1.00. The Kier molecular flexibility index (Phi) is 2.22. The van der Waals surface area contributed by atoms with Gasteiger partial charge in [-0.1, -0.05) is 0 Å². The van der Waals surface area contributed by atoms with Gasteiger partial charge in [0.15, 0.2) is 6.29 Å². The van der Waals surface area contributed by atoms with Gasteiger partial charge in [0.1, 0.15) is 18.3 Å². The highest BCUT2D eigenvalue weighted by atomic mass is 16.6. The molecule has 4 N–H and O–H groups in total. The van der Waals surface area contributed by atoms with Crippen molar-refractivity contribution in [3.63, 3.8) is 0 Å². The number of aliphatic hydroxyl groups excluding tert-OH is 4. The molecule has 10 heavy (non-hydrogen) atoms. The molecule has 0 bridgehead atoms. The molecule has 0 aromatic rings. The van der Waals surface area contributed by atoms with Crippen LogP contribution in [0.3, 0.4) is 0 Å². The zero-order valence-electron chi connectivity index (χ0n) is 5.21. The summed E-state index contributed by atoms with van der Waals surface area (Å²) in [4.78, 5) is 0. The van der Waals surface area contributed by atoms with Crippen LogP contribution < -0.4 is 0 Å². The summed E-state index contributed by atoms with van der Waals surface area (Å²) in [6, 6.07) is 0. The van der Waals surface area contributed by atoms with Crippen molar-refractivity contribution in [1.82, 2.24) is 0 Å². The van der Waals surface area contributed by atoms with Crippen LogP contribution in [-0.2, 0) is 4.74 Å². The van der Waals surface area contributed by atoms with Crippen molar-refractivity contribution in [1.29, 1.82) is 0 Å². The fourth-order valence-corrected chi connectivity index (χ4v) is 0.791. The number of hydrogen-bond donors (Lipinski definition) is 4. The molecule has 5 nitrogen and oxygen atoms in total. The highest BCUT2D eigenvalue weighted by Crippen LogP contribution is 2.12. The van der Waals surface area contributed by atoms with Crippen LogP contribution in [-0.4, -0.2) is 51.6 Å². The van der Waals surface area contributed by atoms with Crippen molar-refractivity contribution in [3.8, 4) is 0 Å². The first kappa shape index (κ1) is 7.90. The van der Waals surface area contributed by atoms with Gasteiger partial charge in [0, 0.05) is 0 Å². The van der Waals surface area contributed by atoms with E-state index in [1.807, 2.05) is 0 Å². The summed E-state index contributed by atoms with van der Waals surface area (Å²) in [5, 5.41) is 35.3. The maximum atomic E-state index is 8.88. The van der Waals surface area contributed by atoms with Crippen LogP contribution in [0, 0.1) is 0 Å². The van der Waals surface area contributed by atoms with Gasteiger partial charge in [0.2, 0.25) is 0 Å². The lowest BCUT2D eigenvalue weighted by atomic mass is 10.1. The average Bonchev–Trinajstić information content (AvgIpc) is 1.93. The molecule has 4 atom stereocenters. The van der Waals surface area contributed by atoms with Crippen LogP contribution in [0.2, 0.25) is 0 Å². The van der Waals surface area contributed by atoms with E-state index in [9.17, 15) is 0 Å². The van der Waals surface area contributed by atoms with E-state index in [1.165, 1.54) is 0 Å². The monoisotopic (exact) mass is 150 g/mol. The van der Waals surface area contributed by atoms with E-state index in [4.69, 9.17) is 20.4 Å². The molecule has 5 heteroatoms. The van der Waals surface area contributed by atoms with Crippen molar-refractivity contribution in [3.05, 3.63) is 0 Å². The molecular weight excluding hydrogens is 140 g/mol. The lowest BCUT2D eigenvalue weighted by molar-refractivity contribution is -0.252. The van der Waals surface area contributed by atoms with Crippen LogP contribution in [0.15, 0.2) is 0 Å². The van der Waals surface area contributed by atoms with Crippen LogP contribution in [0.25, 0.3) is 0 Å². The molecule has 0 aromatic heterocycles. The van der Waals surface area contributed by atoms with Gasteiger partial charge in [0.05, 0.1) is 6.61 Å². The molecule has 0 aromatic carbocycles. The Balaban J connectivity index is 2.52. The van der Waals surface area contributed by atoms with E-state index in [0.717, 1.165) is 0 Å². The standard InChI is InChI=1S/C5H10O5/c6-2-1-10-5(9)4(8)3(2)7/h2-9H,1H2/t2-,3-,4?,5-/m1/s1. The first-order valence-electron chi connectivity index (χ1n) is 2.97. The largest absolute Gasteiger partial charge is 0.388 e. The Morgan fingerprint density at radius 1 is 1.00 bits per heavy atom. The van der Waals surface area contributed by atoms with E-state index >= 15 is 0 Å². The van der Waals surface area contributed by atoms with Gasteiger partial charge < -0.3 is 25.2 Å². The van der Waals surface area contributed by atoms with Gasteiger partial charge >= 0.3 is 0 Å². The normalized spacial score (nSPS) is 49.2. The second kappa shape index (κ2) is 2.81. The molecule has 0 radical (unpaired) electrons. The highest BCUT2D eigenvalue weighted by molar-refractivity contribution is 4.81.